The molecule has 6 heteroatoms. The van der Waals surface area contributed by atoms with E-state index in [1.807, 2.05) is 30.7 Å². The smallest absolute Gasteiger partial charge is 0.255 e. The molecule has 1 fully saturated rings. The second-order valence-corrected chi connectivity index (χ2v) is 7.49. The first-order valence-corrected chi connectivity index (χ1v) is 9.57. The molecule has 2 heterocycles. The molecule has 5 nitrogen and oxygen atoms in total. The van der Waals surface area contributed by atoms with Gasteiger partial charge in [-0.1, -0.05) is 0 Å². The van der Waals surface area contributed by atoms with Gasteiger partial charge in [-0.25, -0.2) is 4.39 Å². The maximum atomic E-state index is 13.9. The molecule has 1 aliphatic rings. The number of halogens is 1. The van der Waals surface area contributed by atoms with E-state index < -0.39 is 0 Å². The van der Waals surface area contributed by atoms with Gasteiger partial charge in [-0.3, -0.25) is 9.78 Å². The van der Waals surface area contributed by atoms with Crippen molar-refractivity contribution in [2.45, 2.75) is 32.7 Å². The number of ether oxygens (including phenoxy) is 1. The number of hydrogen-bond donors (Lipinski definition) is 1. The Morgan fingerprint density at radius 2 is 2.18 bits per heavy atom. The van der Waals surface area contributed by atoms with Crippen molar-refractivity contribution in [2.24, 2.45) is 5.92 Å². The summed E-state index contributed by atoms with van der Waals surface area (Å²) in [4.78, 5) is 17.3. The number of aryl methyl sites for hydroxylation is 1. The van der Waals surface area contributed by atoms with Crippen LogP contribution in [0, 0.1) is 18.7 Å². The molecule has 0 aliphatic heterocycles. The van der Waals surface area contributed by atoms with Crippen molar-refractivity contribution in [1.29, 1.82) is 0 Å². The number of rotatable bonds is 6. The van der Waals surface area contributed by atoms with E-state index in [1.165, 1.54) is 25.0 Å². The monoisotopic (exact) mass is 381 g/mol. The summed E-state index contributed by atoms with van der Waals surface area (Å²) in [7, 11) is 1.57. The predicted molar refractivity (Wildman–Crippen MR) is 106 cm³/mol. The Labute approximate surface area is 163 Å². The van der Waals surface area contributed by atoms with E-state index in [-0.39, 0.29) is 17.8 Å². The molecule has 1 atom stereocenters. The van der Waals surface area contributed by atoms with Gasteiger partial charge in [-0.05, 0) is 62.4 Å². The molecule has 1 N–H and O–H groups in total. The zero-order valence-corrected chi connectivity index (χ0v) is 16.3. The number of benzene rings is 1. The zero-order valence-electron chi connectivity index (χ0n) is 16.3. The summed E-state index contributed by atoms with van der Waals surface area (Å²) >= 11 is 0. The molecule has 0 saturated heterocycles. The lowest BCUT2D eigenvalue weighted by Crippen LogP contribution is -2.25. The molecule has 1 aromatic carbocycles. The molecule has 28 heavy (non-hydrogen) atoms. The first kappa shape index (κ1) is 18.5. The third-order valence-corrected chi connectivity index (χ3v) is 5.46. The van der Waals surface area contributed by atoms with Crippen LogP contribution in [0.2, 0.25) is 0 Å². The van der Waals surface area contributed by atoms with E-state index in [0.29, 0.717) is 34.9 Å². The van der Waals surface area contributed by atoms with Gasteiger partial charge in [0.25, 0.3) is 5.91 Å². The highest BCUT2D eigenvalue weighted by Gasteiger charge is 2.25. The van der Waals surface area contributed by atoms with E-state index in [4.69, 9.17) is 4.74 Å². The highest BCUT2D eigenvalue weighted by atomic mass is 19.1. The minimum atomic E-state index is -0.323. The van der Waals surface area contributed by atoms with Gasteiger partial charge in [0, 0.05) is 24.5 Å². The summed E-state index contributed by atoms with van der Waals surface area (Å²) in [6, 6.07) is 6.17. The molecule has 0 spiro atoms. The molecule has 1 unspecified atom stereocenters. The number of fused-ring (bicyclic) bond motifs is 1. The minimum Gasteiger partial charge on any atom is -0.496 e. The number of aromatic nitrogens is 2. The number of nitrogens with one attached hydrogen (secondary N) is 1. The summed E-state index contributed by atoms with van der Waals surface area (Å²) in [6.45, 7) is 4.65. The van der Waals surface area contributed by atoms with Gasteiger partial charge in [-0.2, -0.15) is 0 Å². The lowest BCUT2D eigenvalue weighted by molar-refractivity contribution is 0.0953. The molecule has 0 bridgehead atoms. The van der Waals surface area contributed by atoms with Crippen LogP contribution in [-0.2, 0) is 0 Å². The van der Waals surface area contributed by atoms with Gasteiger partial charge in [0.15, 0.2) is 0 Å². The SMILES string of the molecule is COc1ccc(F)cc1C(C)n1cc(C(=O)NCC2CC2)c2nccc(C)c21. The molecule has 2 aromatic heterocycles. The third-order valence-electron chi connectivity index (χ3n) is 5.46. The molecule has 1 aliphatic carbocycles. The average molecular weight is 381 g/mol. The van der Waals surface area contributed by atoms with E-state index in [1.54, 1.807) is 19.4 Å². The molecule has 1 amide bonds. The van der Waals surface area contributed by atoms with E-state index in [0.717, 1.165) is 11.1 Å². The first-order chi connectivity index (χ1) is 13.5. The predicted octanol–water partition coefficient (Wildman–Crippen LogP) is 4.24. The molecule has 3 aromatic rings. The Hall–Kier alpha value is -2.89. The van der Waals surface area contributed by atoms with Gasteiger partial charge in [-0.15, -0.1) is 0 Å². The summed E-state index contributed by atoms with van der Waals surface area (Å²) in [5, 5.41) is 3.02. The normalized spacial score (nSPS) is 14.9. The van der Waals surface area contributed by atoms with Crippen LogP contribution < -0.4 is 10.1 Å². The number of nitrogens with zero attached hydrogens (tertiary/aromatic N) is 2. The summed E-state index contributed by atoms with van der Waals surface area (Å²) in [5.41, 5.74) is 3.80. The second-order valence-electron chi connectivity index (χ2n) is 7.49. The van der Waals surface area contributed by atoms with Crippen molar-refractivity contribution < 1.29 is 13.9 Å². The second kappa shape index (κ2) is 7.26. The number of hydrogen-bond acceptors (Lipinski definition) is 3. The fraction of sp³-hybridized carbons (Fsp3) is 0.364. The molecule has 146 valence electrons. The number of methoxy groups -OCH3 is 1. The zero-order chi connectivity index (χ0) is 19.8. The number of pyridine rings is 1. The maximum absolute atomic E-state index is 13.9. The molecular formula is C22H24FN3O2. The quantitative estimate of drug-likeness (QED) is 0.695. The van der Waals surface area contributed by atoms with E-state index >= 15 is 0 Å². The van der Waals surface area contributed by atoms with Gasteiger partial charge < -0.3 is 14.6 Å². The lowest BCUT2D eigenvalue weighted by Gasteiger charge is -2.19. The van der Waals surface area contributed by atoms with Crippen LogP contribution in [0.5, 0.6) is 5.75 Å². The fourth-order valence-corrected chi connectivity index (χ4v) is 3.65. The lowest BCUT2D eigenvalue weighted by atomic mass is 10.1. The average Bonchev–Trinajstić information content (AvgIpc) is 3.44. The molecular weight excluding hydrogens is 357 g/mol. The van der Waals surface area contributed by atoms with Crippen molar-refractivity contribution in [3.63, 3.8) is 0 Å². The Balaban J connectivity index is 1.80. The third kappa shape index (κ3) is 3.35. The van der Waals surface area contributed by atoms with Crippen LogP contribution in [0.3, 0.4) is 0 Å². The van der Waals surface area contributed by atoms with Crippen LogP contribution in [0.1, 0.15) is 47.3 Å². The number of carbonyl (C=O) groups excluding carboxylic acids is 1. The maximum Gasteiger partial charge on any atom is 0.255 e. The van der Waals surface area contributed by atoms with Crippen molar-refractivity contribution in [3.8, 4) is 5.75 Å². The van der Waals surface area contributed by atoms with Crippen LogP contribution >= 0.6 is 0 Å². The summed E-state index contributed by atoms with van der Waals surface area (Å²) < 4.78 is 21.4. The standard InChI is InChI=1S/C22H24FN3O2/c1-13-8-9-24-20-18(22(27)25-11-15-4-5-15)12-26(21(13)20)14(2)17-10-16(23)6-7-19(17)28-3/h6-10,12,14-15H,4-5,11H2,1-3H3,(H,25,27). The van der Waals surface area contributed by atoms with Crippen LogP contribution in [0.4, 0.5) is 4.39 Å². The molecule has 1 saturated carbocycles. The number of carbonyl (C=O) groups is 1. The van der Waals surface area contributed by atoms with Crippen molar-refractivity contribution in [2.75, 3.05) is 13.7 Å². The van der Waals surface area contributed by atoms with Crippen LogP contribution in [0.15, 0.2) is 36.7 Å². The Morgan fingerprint density at radius 1 is 1.39 bits per heavy atom. The van der Waals surface area contributed by atoms with Gasteiger partial charge in [0.1, 0.15) is 17.1 Å². The van der Waals surface area contributed by atoms with Gasteiger partial charge in [0.2, 0.25) is 0 Å². The van der Waals surface area contributed by atoms with E-state index in [2.05, 4.69) is 10.3 Å². The largest absolute Gasteiger partial charge is 0.496 e. The highest BCUT2D eigenvalue weighted by molar-refractivity contribution is 6.06. The highest BCUT2D eigenvalue weighted by Crippen LogP contribution is 2.34. The van der Waals surface area contributed by atoms with Crippen molar-refractivity contribution in [1.82, 2.24) is 14.9 Å². The number of amides is 1. The molecule has 0 radical (unpaired) electrons. The first-order valence-electron chi connectivity index (χ1n) is 9.57. The summed E-state index contributed by atoms with van der Waals surface area (Å²) in [5.74, 6) is 0.767. The van der Waals surface area contributed by atoms with Gasteiger partial charge in [0.05, 0.1) is 24.2 Å². The molecule has 4 rings (SSSR count). The van der Waals surface area contributed by atoms with Crippen molar-refractivity contribution >= 4 is 16.9 Å². The Kier molecular flexibility index (Phi) is 4.79. The van der Waals surface area contributed by atoms with Crippen LogP contribution in [-0.4, -0.2) is 29.1 Å². The fourth-order valence-electron chi connectivity index (χ4n) is 3.65. The van der Waals surface area contributed by atoms with Gasteiger partial charge >= 0.3 is 0 Å². The van der Waals surface area contributed by atoms with Crippen molar-refractivity contribution in [3.05, 3.63) is 59.2 Å². The minimum absolute atomic E-state index is 0.118. The Morgan fingerprint density at radius 3 is 2.89 bits per heavy atom. The van der Waals surface area contributed by atoms with E-state index in [9.17, 15) is 9.18 Å². The topological polar surface area (TPSA) is 56.1 Å². The Bertz CT molecular complexity index is 1040. The van der Waals surface area contributed by atoms with Crippen LogP contribution in [0.25, 0.3) is 11.0 Å². The summed E-state index contributed by atoms with van der Waals surface area (Å²) in [6.07, 6.45) is 5.89.